The number of rotatable bonds is 4. The van der Waals surface area contributed by atoms with E-state index in [1.165, 1.54) is 0 Å². The van der Waals surface area contributed by atoms with E-state index >= 15 is 0 Å². The molecule has 0 aliphatic rings. The van der Waals surface area contributed by atoms with Gasteiger partial charge in [-0.25, -0.2) is 0 Å². The molecule has 1 N–H and O–H groups in total. The van der Waals surface area contributed by atoms with Gasteiger partial charge in [-0.1, -0.05) is 29.8 Å². The van der Waals surface area contributed by atoms with Gasteiger partial charge in [0.2, 0.25) is 0 Å². The van der Waals surface area contributed by atoms with Crippen LogP contribution in [0.4, 0.5) is 5.69 Å². The molecule has 1 heterocycles. The Bertz CT molecular complexity index is 803. The first-order chi connectivity index (χ1) is 10.7. The molecule has 0 spiro atoms. The second-order valence-electron chi connectivity index (χ2n) is 5.04. The standard InChI is InChI=1S/C18H17NO3/c1-3-21-15-6-4-5-13-11-16(22-17(13)15)18(20)19-14-9-7-12(2)8-10-14/h4-11H,3H2,1-2H3,(H,19,20). The molecule has 0 saturated carbocycles. The third-order valence-electron chi connectivity index (χ3n) is 3.34. The number of furan rings is 1. The number of aryl methyl sites for hydroxylation is 1. The van der Waals surface area contributed by atoms with Crippen molar-refractivity contribution in [2.45, 2.75) is 13.8 Å². The second kappa shape index (κ2) is 5.93. The highest BCUT2D eigenvalue weighted by atomic mass is 16.5. The molecule has 0 aliphatic heterocycles. The molecule has 0 unspecified atom stereocenters. The monoisotopic (exact) mass is 295 g/mol. The molecule has 0 radical (unpaired) electrons. The van der Waals surface area contributed by atoms with Crippen molar-refractivity contribution in [3.8, 4) is 5.75 Å². The minimum atomic E-state index is -0.275. The number of hydrogen-bond acceptors (Lipinski definition) is 3. The molecule has 1 amide bonds. The summed E-state index contributed by atoms with van der Waals surface area (Å²) >= 11 is 0. The number of carbonyl (C=O) groups is 1. The number of fused-ring (bicyclic) bond motifs is 1. The third kappa shape index (κ3) is 2.81. The molecular weight excluding hydrogens is 278 g/mol. The molecule has 112 valence electrons. The van der Waals surface area contributed by atoms with Crippen LogP contribution in [0.5, 0.6) is 5.75 Å². The maximum absolute atomic E-state index is 12.3. The zero-order valence-electron chi connectivity index (χ0n) is 12.6. The van der Waals surface area contributed by atoms with E-state index in [0.717, 1.165) is 16.6 Å². The molecule has 0 atom stereocenters. The Morgan fingerprint density at radius 1 is 1.18 bits per heavy atom. The minimum absolute atomic E-state index is 0.266. The Morgan fingerprint density at radius 3 is 2.68 bits per heavy atom. The number of nitrogens with one attached hydrogen (secondary N) is 1. The van der Waals surface area contributed by atoms with Crippen LogP contribution in [0.25, 0.3) is 11.0 Å². The van der Waals surface area contributed by atoms with Crippen LogP contribution in [-0.4, -0.2) is 12.5 Å². The zero-order valence-corrected chi connectivity index (χ0v) is 12.6. The molecule has 0 aliphatic carbocycles. The van der Waals surface area contributed by atoms with Gasteiger partial charge in [0.05, 0.1) is 6.61 Å². The van der Waals surface area contributed by atoms with Crippen LogP contribution >= 0.6 is 0 Å². The summed E-state index contributed by atoms with van der Waals surface area (Å²) < 4.78 is 11.2. The molecule has 22 heavy (non-hydrogen) atoms. The van der Waals surface area contributed by atoms with Crippen molar-refractivity contribution in [1.29, 1.82) is 0 Å². The summed E-state index contributed by atoms with van der Waals surface area (Å²) in [6.07, 6.45) is 0. The van der Waals surface area contributed by atoms with E-state index < -0.39 is 0 Å². The van der Waals surface area contributed by atoms with Crippen LogP contribution in [0.1, 0.15) is 23.0 Å². The lowest BCUT2D eigenvalue weighted by Gasteiger charge is -2.03. The number of anilines is 1. The van der Waals surface area contributed by atoms with Crippen LogP contribution < -0.4 is 10.1 Å². The maximum Gasteiger partial charge on any atom is 0.291 e. The molecule has 0 bridgehead atoms. The maximum atomic E-state index is 12.3. The lowest BCUT2D eigenvalue weighted by Crippen LogP contribution is -2.10. The molecule has 0 fully saturated rings. The van der Waals surface area contributed by atoms with E-state index in [4.69, 9.17) is 9.15 Å². The molecule has 4 heteroatoms. The van der Waals surface area contributed by atoms with Gasteiger partial charge in [-0.15, -0.1) is 0 Å². The lowest BCUT2D eigenvalue weighted by molar-refractivity contribution is 0.0998. The van der Waals surface area contributed by atoms with Gasteiger partial charge in [0.1, 0.15) is 0 Å². The SMILES string of the molecule is CCOc1cccc2cc(C(=O)Nc3ccc(C)cc3)oc12. The van der Waals surface area contributed by atoms with Crippen molar-refractivity contribution in [1.82, 2.24) is 0 Å². The molecule has 2 aromatic carbocycles. The highest BCUT2D eigenvalue weighted by Crippen LogP contribution is 2.29. The number of ether oxygens (including phenoxy) is 1. The van der Waals surface area contributed by atoms with E-state index in [1.54, 1.807) is 6.07 Å². The average Bonchev–Trinajstić information content (AvgIpc) is 2.95. The van der Waals surface area contributed by atoms with Crippen molar-refractivity contribution in [3.05, 3.63) is 59.9 Å². The van der Waals surface area contributed by atoms with Crippen LogP contribution in [0.2, 0.25) is 0 Å². The molecule has 0 saturated heterocycles. The van der Waals surface area contributed by atoms with Crippen LogP contribution in [0.15, 0.2) is 52.9 Å². The summed E-state index contributed by atoms with van der Waals surface area (Å²) in [4.78, 5) is 12.3. The zero-order chi connectivity index (χ0) is 15.5. The normalized spacial score (nSPS) is 10.6. The molecule has 4 nitrogen and oxygen atoms in total. The topological polar surface area (TPSA) is 51.5 Å². The Balaban J connectivity index is 1.87. The Morgan fingerprint density at radius 2 is 1.95 bits per heavy atom. The molecule has 1 aromatic heterocycles. The first-order valence-corrected chi connectivity index (χ1v) is 7.21. The highest BCUT2D eigenvalue weighted by Gasteiger charge is 2.15. The van der Waals surface area contributed by atoms with E-state index in [0.29, 0.717) is 17.9 Å². The summed E-state index contributed by atoms with van der Waals surface area (Å²) in [5.41, 5.74) is 2.47. The fraction of sp³-hybridized carbons (Fsp3) is 0.167. The smallest absolute Gasteiger partial charge is 0.291 e. The predicted octanol–water partition coefficient (Wildman–Crippen LogP) is 4.39. The van der Waals surface area contributed by atoms with Gasteiger partial charge < -0.3 is 14.5 Å². The number of benzene rings is 2. The van der Waals surface area contributed by atoms with E-state index in [1.807, 2.05) is 56.3 Å². The molecule has 3 rings (SSSR count). The summed E-state index contributed by atoms with van der Waals surface area (Å²) in [6.45, 7) is 4.46. The molecular formula is C18H17NO3. The van der Waals surface area contributed by atoms with Gasteiger partial charge >= 0.3 is 0 Å². The van der Waals surface area contributed by atoms with Crippen LogP contribution in [0.3, 0.4) is 0 Å². The average molecular weight is 295 g/mol. The van der Waals surface area contributed by atoms with Crippen molar-refractivity contribution in [2.24, 2.45) is 0 Å². The highest BCUT2D eigenvalue weighted by molar-refractivity contribution is 6.05. The van der Waals surface area contributed by atoms with Crippen molar-refractivity contribution in [2.75, 3.05) is 11.9 Å². The first-order valence-electron chi connectivity index (χ1n) is 7.21. The number of carbonyl (C=O) groups excluding carboxylic acids is 1. The van der Waals surface area contributed by atoms with Crippen LogP contribution in [-0.2, 0) is 0 Å². The van der Waals surface area contributed by atoms with Gasteiger partial charge in [-0.05, 0) is 38.1 Å². The Kier molecular flexibility index (Phi) is 3.83. The Labute approximate surface area is 128 Å². The minimum Gasteiger partial charge on any atom is -0.490 e. The van der Waals surface area contributed by atoms with Crippen molar-refractivity contribution < 1.29 is 13.9 Å². The summed E-state index contributed by atoms with van der Waals surface area (Å²) in [6, 6.07) is 14.9. The second-order valence-corrected chi connectivity index (χ2v) is 5.04. The number of hydrogen-bond donors (Lipinski definition) is 1. The fourth-order valence-electron chi connectivity index (χ4n) is 2.25. The number of amides is 1. The van der Waals surface area contributed by atoms with Crippen molar-refractivity contribution in [3.63, 3.8) is 0 Å². The van der Waals surface area contributed by atoms with Gasteiger partial charge in [0.15, 0.2) is 17.1 Å². The van der Waals surface area contributed by atoms with E-state index in [9.17, 15) is 4.79 Å². The quantitative estimate of drug-likeness (QED) is 0.776. The first kappa shape index (κ1) is 14.2. The van der Waals surface area contributed by atoms with Crippen molar-refractivity contribution >= 4 is 22.6 Å². The van der Waals surface area contributed by atoms with E-state index in [2.05, 4.69) is 5.32 Å². The Hall–Kier alpha value is -2.75. The fourth-order valence-corrected chi connectivity index (χ4v) is 2.25. The van der Waals surface area contributed by atoms with Gasteiger partial charge in [0.25, 0.3) is 5.91 Å². The lowest BCUT2D eigenvalue weighted by atomic mass is 10.2. The van der Waals surface area contributed by atoms with Gasteiger partial charge in [0, 0.05) is 11.1 Å². The summed E-state index contributed by atoms with van der Waals surface area (Å²) in [5.74, 6) is 0.639. The largest absolute Gasteiger partial charge is 0.490 e. The molecule has 3 aromatic rings. The summed E-state index contributed by atoms with van der Waals surface area (Å²) in [7, 11) is 0. The third-order valence-corrected chi connectivity index (χ3v) is 3.34. The summed E-state index contributed by atoms with van der Waals surface area (Å²) in [5, 5.41) is 3.67. The van der Waals surface area contributed by atoms with Crippen LogP contribution in [0, 0.1) is 6.92 Å². The van der Waals surface area contributed by atoms with Gasteiger partial charge in [-0.2, -0.15) is 0 Å². The van der Waals surface area contributed by atoms with Gasteiger partial charge in [-0.3, -0.25) is 4.79 Å². The number of para-hydroxylation sites is 1. The van der Waals surface area contributed by atoms with E-state index in [-0.39, 0.29) is 11.7 Å². The predicted molar refractivity (Wildman–Crippen MR) is 86.5 cm³/mol.